The first-order valence-electron chi connectivity index (χ1n) is 5.28. The van der Waals surface area contributed by atoms with E-state index in [1.807, 2.05) is 6.92 Å². The number of nitrogens with zero attached hydrogens (tertiary/aromatic N) is 1. The number of aromatic nitrogens is 1. The van der Waals surface area contributed by atoms with Crippen molar-refractivity contribution in [1.82, 2.24) is 4.98 Å². The van der Waals surface area contributed by atoms with Gasteiger partial charge in [-0.05, 0) is 30.7 Å². The molecule has 0 spiro atoms. The molecule has 3 nitrogen and oxygen atoms in total. The van der Waals surface area contributed by atoms with Gasteiger partial charge in [0.15, 0.2) is 0 Å². The average Bonchev–Trinajstić information content (AvgIpc) is 2.74. The molecule has 0 saturated heterocycles. The van der Waals surface area contributed by atoms with E-state index in [-0.39, 0.29) is 5.75 Å². The molecule has 0 amide bonds. The second kappa shape index (κ2) is 5.44. The molecular weight excluding hydrogens is 240 g/mol. The Balaban J connectivity index is 2.04. The van der Waals surface area contributed by atoms with Crippen molar-refractivity contribution in [2.45, 2.75) is 13.5 Å². The van der Waals surface area contributed by atoms with Gasteiger partial charge in [-0.2, -0.15) is 8.78 Å². The first-order chi connectivity index (χ1) is 8.63. The maximum Gasteiger partial charge on any atom is 0.387 e. The molecule has 0 unspecified atom stereocenters. The molecule has 0 atom stereocenters. The van der Waals surface area contributed by atoms with Crippen molar-refractivity contribution in [2.24, 2.45) is 0 Å². The highest BCUT2D eigenvalue weighted by Crippen LogP contribution is 2.16. The number of hydrogen-bond acceptors (Lipinski definition) is 3. The lowest BCUT2D eigenvalue weighted by Gasteiger charge is -2.03. The minimum Gasteiger partial charge on any atom is -0.445 e. The number of rotatable bonds is 4. The van der Waals surface area contributed by atoms with E-state index in [1.165, 1.54) is 12.1 Å². The number of hydrogen-bond donors (Lipinski definition) is 0. The highest BCUT2D eigenvalue weighted by Gasteiger charge is 2.02. The minimum absolute atomic E-state index is 0.133. The van der Waals surface area contributed by atoms with Gasteiger partial charge in [-0.1, -0.05) is 12.1 Å². The Bertz CT molecular complexity index is 532. The smallest absolute Gasteiger partial charge is 0.387 e. The molecule has 18 heavy (non-hydrogen) atoms. The van der Waals surface area contributed by atoms with Crippen molar-refractivity contribution in [3.8, 4) is 5.75 Å². The van der Waals surface area contributed by atoms with Gasteiger partial charge in [0, 0.05) is 6.08 Å². The maximum absolute atomic E-state index is 11.9. The molecule has 2 aromatic rings. The van der Waals surface area contributed by atoms with Gasteiger partial charge in [-0.15, -0.1) is 0 Å². The van der Waals surface area contributed by atoms with Crippen LogP contribution in [0.1, 0.15) is 17.1 Å². The van der Waals surface area contributed by atoms with Crippen LogP contribution in [-0.4, -0.2) is 11.6 Å². The molecule has 1 aromatic heterocycles. The second-order valence-electron chi connectivity index (χ2n) is 3.61. The van der Waals surface area contributed by atoms with E-state index in [1.54, 1.807) is 30.5 Å². The topological polar surface area (TPSA) is 35.3 Å². The lowest BCUT2D eigenvalue weighted by Crippen LogP contribution is -2.01. The van der Waals surface area contributed by atoms with Crippen molar-refractivity contribution in [2.75, 3.05) is 0 Å². The number of alkyl halides is 2. The van der Waals surface area contributed by atoms with Crippen molar-refractivity contribution >= 4 is 12.2 Å². The summed E-state index contributed by atoms with van der Waals surface area (Å²) in [5.74, 6) is 0.634. The van der Waals surface area contributed by atoms with Crippen LogP contribution in [0.15, 0.2) is 34.9 Å². The normalized spacial score (nSPS) is 11.3. The van der Waals surface area contributed by atoms with E-state index in [4.69, 9.17) is 4.42 Å². The third-order valence-electron chi connectivity index (χ3n) is 2.16. The maximum atomic E-state index is 11.9. The van der Waals surface area contributed by atoms with E-state index in [0.29, 0.717) is 5.89 Å². The van der Waals surface area contributed by atoms with E-state index < -0.39 is 6.61 Å². The molecule has 1 heterocycles. The molecule has 5 heteroatoms. The van der Waals surface area contributed by atoms with Gasteiger partial charge in [-0.3, -0.25) is 0 Å². The monoisotopic (exact) mass is 251 g/mol. The Morgan fingerprint density at radius 1 is 1.22 bits per heavy atom. The highest BCUT2D eigenvalue weighted by molar-refractivity contribution is 5.66. The first-order valence-corrected chi connectivity index (χ1v) is 5.28. The van der Waals surface area contributed by atoms with E-state index >= 15 is 0 Å². The summed E-state index contributed by atoms with van der Waals surface area (Å²) in [7, 11) is 0. The lowest BCUT2D eigenvalue weighted by atomic mass is 10.2. The Hall–Kier alpha value is -2.17. The Kier molecular flexibility index (Phi) is 3.72. The van der Waals surface area contributed by atoms with Crippen LogP contribution in [0.25, 0.3) is 12.2 Å². The quantitative estimate of drug-likeness (QED) is 0.830. The van der Waals surface area contributed by atoms with Gasteiger partial charge < -0.3 is 9.15 Å². The molecule has 0 saturated carbocycles. The van der Waals surface area contributed by atoms with E-state index in [0.717, 1.165) is 11.3 Å². The number of ether oxygens (including phenoxy) is 1. The number of oxazole rings is 1. The average molecular weight is 251 g/mol. The zero-order chi connectivity index (χ0) is 13.0. The third kappa shape index (κ3) is 3.41. The predicted octanol–water partition coefficient (Wildman–Crippen LogP) is 3.75. The molecule has 1 aromatic carbocycles. The van der Waals surface area contributed by atoms with Gasteiger partial charge >= 0.3 is 6.61 Å². The second-order valence-corrected chi connectivity index (χ2v) is 3.61. The van der Waals surface area contributed by atoms with Crippen molar-refractivity contribution < 1.29 is 17.9 Å². The van der Waals surface area contributed by atoms with Crippen molar-refractivity contribution in [3.05, 3.63) is 47.7 Å². The third-order valence-corrected chi connectivity index (χ3v) is 2.16. The summed E-state index contributed by atoms with van der Waals surface area (Å²) in [4.78, 5) is 4.11. The van der Waals surface area contributed by atoms with E-state index in [2.05, 4.69) is 9.72 Å². The van der Waals surface area contributed by atoms with Crippen LogP contribution in [-0.2, 0) is 0 Å². The summed E-state index contributed by atoms with van der Waals surface area (Å²) in [6.45, 7) is -0.973. The van der Waals surface area contributed by atoms with Gasteiger partial charge in [0.2, 0.25) is 5.89 Å². The zero-order valence-corrected chi connectivity index (χ0v) is 9.64. The Morgan fingerprint density at radius 2 is 1.94 bits per heavy atom. The number of halogens is 2. The van der Waals surface area contributed by atoms with Gasteiger partial charge in [-0.25, -0.2) is 4.98 Å². The SMILES string of the molecule is Cc1coc(C=Cc2ccc(OC(F)F)cc2)n1. The molecule has 0 aliphatic rings. The van der Waals surface area contributed by atoms with E-state index in [9.17, 15) is 8.78 Å². The lowest BCUT2D eigenvalue weighted by molar-refractivity contribution is -0.0498. The summed E-state index contributed by atoms with van der Waals surface area (Å²) >= 11 is 0. The summed E-state index contributed by atoms with van der Waals surface area (Å²) in [6, 6.07) is 6.30. The number of aryl methyl sites for hydroxylation is 1. The molecule has 2 rings (SSSR count). The molecule has 0 fully saturated rings. The summed E-state index contributed by atoms with van der Waals surface area (Å²) in [6.07, 6.45) is 5.03. The van der Waals surface area contributed by atoms with Crippen LogP contribution in [0.3, 0.4) is 0 Å². The standard InChI is InChI=1S/C13H11F2NO2/c1-9-8-17-12(16-9)7-4-10-2-5-11(6-3-10)18-13(14)15/h2-8,13H,1H3. The van der Waals surface area contributed by atoms with Gasteiger partial charge in [0.05, 0.1) is 5.69 Å². The van der Waals surface area contributed by atoms with Gasteiger partial charge in [0.1, 0.15) is 12.0 Å². The molecule has 94 valence electrons. The first kappa shape index (κ1) is 12.3. The predicted molar refractivity (Wildman–Crippen MR) is 63.2 cm³/mol. The van der Waals surface area contributed by atoms with Crippen LogP contribution in [0, 0.1) is 6.92 Å². The molecular formula is C13H11F2NO2. The van der Waals surface area contributed by atoms with Crippen LogP contribution < -0.4 is 4.74 Å². The van der Waals surface area contributed by atoms with Crippen LogP contribution in [0.4, 0.5) is 8.78 Å². The van der Waals surface area contributed by atoms with Crippen molar-refractivity contribution in [3.63, 3.8) is 0 Å². The summed E-state index contributed by atoms with van der Waals surface area (Å²) in [5, 5.41) is 0. The minimum atomic E-state index is -2.80. The molecule has 0 bridgehead atoms. The molecule has 0 N–H and O–H groups in total. The van der Waals surface area contributed by atoms with Crippen molar-refractivity contribution in [1.29, 1.82) is 0 Å². The fraction of sp³-hybridized carbons (Fsp3) is 0.154. The highest BCUT2D eigenvalue weighted by atomic mass is 19.3. The molecule has 0 radical (unpaired) electrons. The van der Waals surface area contributed by atoms with Gasteiger partial charge in [0.25, 0.3) is 0 Å². The Labute approximate surface area is 103 Å². The fourth-order valence-electron chi connectivity index (χ4n) is 1.38. The fourth-order valence-corrected chi connectivity index (χ4v) is 1.38. The molecule has 0 aliphatic heterocycles. The number of benzene rings is 1. The summed E-state index contributed by atoms with van der Waals surface area (Å²) < 4.78 is 33.3. The zero-order valence-electron chi connectivity index (χ0n) is 9.64. The van der Waals surface area contributed by atoms with Crippen LogP contribution >= 0.6 is 0 Å². The van der Waals surface area contributed by atoms with Crippen LogP contribution in [0.2, 0.25) is 0 Å². The molecule has 0 aliphatic carbocycles. The van der Waals surface area contributed by atoms with Crippen LogP contribution in [0.5, 0.6) is 5.75 Å². The Morgan fingerprint density at radius 3 is 2.50 bits per heavy atom. The largest absolute Gasteiger partial charge is 0.445 e. The summed E-state index contributed by atoms with van der Waals surface area (Å²) in [5.41, 5.74) is 1.64.